The number of carboxylic acid groups (broad SMARTS) is 1. The van der Waals surface area contributed by atoms with Gasteiger partial charge in [0.1, 0.15) is 4.75 Å². The maximum atomic E-state index is 12.4. The number of carbonyl (C=O) groups is 1. The van der Waals surface area contributed by atoms with Gasteiger partial charge in [-0.15, -0.1) is 0 Å². The minimum atomic E-state index is -3.57. The van der Waals surface area contributed by atoms with Crippen molar-refractivity contribution >= 4 is 41.5 Å². The summed E-state index contributed by atoms with van der Waals surface area (Å²) < 4.78 is 21.5. The first kappa shape index (κ1) is 19.6. The van der Waals surface area contributed by atoms with E-state index in [0.29, 0.717) is 0 Å². The van der Waals surface area contributed by atoms with Gasteiger partial charge in [0.15, 0.2) is 3.94 Å². The minimum Gasteiger partial charge on any atom is -0.481 e. The molecule has 0 heterocycles. The molecule has 1 unspecified atom stereocenters. The third kappa shape index (κ3) is 6.33. The van der Waals surface area contributed by atoms with Crippen molar-refractivity contribution in [3.8, 4) is 6.07 Å². The van der Waals surface area contributed by atoms with E-state index in [0.717, 1.165) is 11.8 Å². The summed E-state index contributed by atoms with van der Waals surface area (Å²) in [6.45, 7) is 5.20. The minimum absolute atomic E-state index is 0.0457. The van der Waals surface area contributed by atoms with Gasteiger partial charge in [-0.1, -0.05) is 24.0 Å². The average Bonchev–Trinajstić information content (AvgIpc) is 2.37. The summed E-state index contributed by atoms with van der Waals surface area (Å²) in [5.74, 6) is -1.00. The summed E-state index contributed by atoms with van der Waals surface area (Å²) in [5.41, 5.74) is 0. The Bertz CT molecular complexity index is 441. The first-order valence-electron chi connectivity index (χ1n) is 5.98. The first-order valence-corrected chi connectivity index (χ1v) is 8.75. The lowest BCUT2D eigenvalue weighted by atomic mass is 10.1. The van der Waals surface area contributed by atoms with Gasteiger partial charge in [0.25, 0.3) is 0 Å². The highest BCUT2D eigenvalue weighted by atomic mass is 32.2. The zero-order chi connectivity index (χ0) is 15.8. The van der Waals surface area contributed by atoms with Gasteiger partial charge in [0, 0.05) is 6.42 Å². The number of hydrogen-bond acceptors (Lipinski definition) is 7. The van der Waals surface area contributed by atoms with E-state index in [-0.39, 0.29) is 30.0 Å². The Morgan fingerprint density at radius 3 is 2.30 bits per heavy atom. The second-order valence-electron chi connectivity index (χ2n) is 3.94. The molecule has 6 nitrogen and oxygen atoms in total. The second kappa shape index (κ2) is 8.75. The number of hydrogen-bond donors (Lipinski definition) is 1. The van der Waals surface area contributed by atoms with Crippen LogP contribution in [0.1, 0.15) is 33.6 Å². The number of thioether (sulfide) groups is 1. The summed E-state index contributed by atoms with van der Waals surface area (Å²) in [7, 11) is -3.57. The van der Waals surface area contributed by atoms with Crippen molar-refractivity contribution in [2.45, 2.75) is 38.4 Å². The lowest BCUT2D eigenvalue weighted by Gasteiger charge is -2.24. The Labute approximate surface area is 128 Å². The number of aliphatic carboxylic acids is 1. The van der Waals surface area contributed by atoms with Crippen LogP contribution in [0.15, 0.2) is 0 Å². The molecule has 0 bridgehead atoms. The first-order chi connectivity index (χ1) is 9.23. The SMILES string of the molecule is CCOP(=O)(OCC)C(=S)SC(C)(C#N)CCC(=O)O. The highest BCUT2D eigenvalue weighted by Crippen LogP contribution is 2.55. The number of nitrogens with zero attached hydrogens (tertiary/aromatic N) is 1. The van der Waals surface area contributed by atoms with Crippen LogP contribution in [0.2, 0.25) is 0 Å². The molecule has 1 atom stereocenters. The van der Waals surface area contributed by atoms with Crippen molar-refractivity contribution in [3.63, 3.8) is 0 Å². The van der Waals surface area contributed by atoms with Crippen LogP contribution in [0.5, 0.6) is 0 Å². The smallest absolute Gasteiger partial charge is 0.378 e. The molecule has 0 radical (unpaired) electrons. The predicted molar refractivity (Wildman–Crippen MR) is 81.9 cm³/mol. The number of thiocarbonyl (C=S) groups is 1. The molecule has 0 aliphatic rings. The molecule has 0 spiro atoms. The standard InChI is InChI=1S/C11H18NO5PS2/c1-4-16-18(15,17-5-2)10(19)20-11(3,8-12)7-6-9(13)14/h4-7H2,1-3H3,(H,13,14). The largest absolute Gasteiger partial charge is 0.481 e. The fourth-order valence-electron chi connectivity index (χ4n) is 1.21. The summed E-state index contributed by atoms with van der Waals surface area (Å²) in [6, 6.07) is 2.00. The maximum Gasteiger partial charge on any atom is 0.378 e. The Balaban J connectivity index is 4.95. The van der Waals surface area contributed by atoms with E-state index in [1.54, 1.807) is 20.8 Å². The van der Waals surface area contributed by atoms with E-state index < -0.39 is 18.3 Å². The molecule has 0 saturated carbocycles. The Hall–Kier alpha value is -0.450. The summed E-state index contributed by atoms with van der Waals surface area (Å²) in [6.07, 6.45) is -0.0882. The van der Waals surface area contributed by atoms with Gasteiger partial charge < -0.3 is 14.2 Å². The normalized spacial score (nSPS) is 14.3. The van der Waals surface area contributed by atoms with Crippen LogP contribution in [0.4, 0.5) is 0 Å². The molecule has 0 amide bonds. The Morgan fingerprint density at radius 2 is 1.95 bits per heavy atom. The lowest BCUT2D eigenvalue weighted by molar-refractivity contribution is -0.137. The second-order valence-corrected chi connectivity index (χ2v) is 8.68. The van der Waals surface area contributed by atoms with Gasteiger partial charge in [0.2, 0.25) is 0 Å². The highest BCUT2D eigenvalue weighted by molar-refractivity contribution is 8.36. The van der Waals surface area contributed by atoms with Gasteiger partial charge in [-0.3, -0.25) is 9.36 Å². The number of carboxylic acids is 1. The molecule has 0 saturated heterocycles. The van der Waals surface area contributed by atoms with Crippen molar-refractivity contribution in [3.05, 3.63) is 0 Å². The zero-order valence-electron chi connectivity index (χ0n) is 11.6. The lowest BCUT2D eigenvalue weighted by Crippen LogP contribution is -2.21. The molecule has 114 valence electrons. The Kier molecular flexibility index (Phi) is 8.56. The van der Waals surface area contributed by atoms with Crippen LogP contribution >= 0.6 is 31.6 Å². The van der Waals surface area contributed by atoms with E-state index in [1.807, 2.05) is 6.07 Å². The van der Waals surface area contributed by atoms with Gasteiger partial charge in [-0.05, 0) is 27.2 Å². The van der Waals surface area contributed by atoms with Crippen LogP contribution in [0.3, 0.4) is 0 Å². The predicted octanol–water partition coefficient (Wildman–Crippen LogP) is 3.42. The third-order valence-electron chi connectivity index (χ3n) is 2.19. The molecule has 9 heteroatoms. The molecule has 20 heavy (non-hydrogen) atoms. The van der Waals surface area contributed by atoms with E-state index in [9.17, 15) is 14.6 Å². The van der Waals surface area contributed by atoms with Crippen LogP contribution in [-0.4, -0.2) is 33.0 Å². The molecule has 0 aromatic carbocycles. The van der Waals surface area contributed by atoms with E-state index >= 15 is 0 Å². The van der Waals surface area contributed by atoms with Crippen molar-refractivity contribution < 1.29 is 23.5 Å². The number of rotatable bonds is 9. The summed E-state index contributed by atoms with van der Waals surface area (Å²) in [5, 5.41) is 17.9. The van der Waals surface area contributed by atoms with Crippen molar-refractivity contribution in [2.24, 2.45) is 0 Å². The van der Waals surface area contributed by atoms with E-state index in [1.165, 1.54) is 0 Å². The molecule has 0 rings (SSSR count). The van der Waals surface area contributed by atoms with Gasteiger partial charge >= 0.3 is 13.6 Å². The molecule has 0 fully saturated rings. The molecular weight excluding hydrogens is 321 g/mol. The molecule has 1 N–H and O–H groups in total. The molecule has 0 aliphatic heterocycles. The summed E-state index contributed by atoms with van der Waals surface area (Å²) in [4.78, 5) is 10.6. The molecule has 0 aromatic heterocycles. The van der Waals surface area contributed by atoms with Gasteiger partial charge in [-0.2, -0.15) is 5.26 Å². The number of nitriles is 1. The third-order valence-corrected chi connectivity index (χ3v) is 6.62. The van der Waals surface area contributed by atoms with Crippen molar-refractivity contribution in [1.29, 1.82) is 5.26 Å². The Morgan fingerprint density at radius 1 is 1.45 bits per heavy atom. The highest BCUT2D eigenvalue weighted by Gasteiger charge is 2.37. The zero-order valence-corrected chi connectivity index (χ0v) is 14.1. The van der Waals surface area contributed by atoms with E-state index in [2.05, 4.69) is 0 Å². The molecule has 0 aromatic rings. The molecular formula is C11H18NO5PS2. The monoisotopic (exact) mass is 339 g/mol. The van der Waals surface area contributed by atoms with Crippen LogP contribution < -0.4 is 0 Å². The summed E-state index contributed by atoms with van der Waals surface area (Å²) >= 11 is 5.94. The topological polar surface area (TPSA) is 96.6 Å². The fraction of sp³-hybridized carbons (Fsp3) is 0.727. The van der Waals surface area contributed by atoms with Crippen LogP contribution in [0, 0.1) is 11.3 Å². The van der Waals surface area contributed by atoms with Gasteiger partial charge in [0.05, 0.1) is 19.3 Å². The fourth-order valence-corrected chi connectivity index (χ4v) is 5.04. The van der Waals surface area contributed by atoms with Crippen LogP contribution in [-0.2, 0) is 18.4 Å². The van der Waals surface area contributed by atoms with Gasteiger partial charge in [-0.25, -0.2) is 0 Å². The molecule has 0 aliphatic carbocycles. The van der Waals surface area contributed by atoms with Crippen LogP contribution in [0.25, 0.3) is 0 Å². The maximum absolute atomic E-state index is 12.4. The quantitative estimate of drug-likeness (QED) is 0.504. The average molecular weight is 339 g/mol. The van der Waals surface area contributed by atoms with E-state index in [4.69, 9.17) is 26.4 Å². The van der Waals surface area contributed by atoms with Crippen molar-refractivity contribution in [2.75, 3.05) is 13.2 Å². The van der Waals surface area contributed by atoms with Crippen molar-refractivity contribution in [1.82, 2.24) is 0 Å².